The molecule has 1 atom stereocenters. The minimum absolute atomic E-state index is 0. The number of rotatable bonds is 5. The highest BCUT2D eigenvalue weighted by atomic mass is 35.5. The van der Waals surface area contributed by atoms with Crippen LogP contribution >= 0.6 is 24.0 Å². The maximum atomic E-state index is 5.77. The highest BCUT2D eigenvalue weighted by Gasteiger charge is 2.19. The van der Waals surface area contributed by atoms with Crippen LogP contribution in [-0.2, 0) is 0 Å². The van der Waals surface area contributed by atoms with Gasteiger partial charge in [-0.05, 0) is 32.9 Å². The largest absolute Gasteiger partial charge is 0.290 e. The summed E-state index contributed by atoms with van der Waals surface area (Å²) in [5.41, 5.74) is 0. The fraction of sp³-hybridized carbons (Fsp3) is 1.00. The monoisotopic (exact) mass is 254 g/mol. The van der Waals surface area contributed by atoms with Crippen molar-refractivity contribution in [3.8, 4) is 0 Å². The van der Waals surface area contributed by atoms with Gasteiger partial charge in [0, 0.05) is 18.5 Å². The molecule has 0 aromatic rings. The lowest BCUT2D eigenvalue weighted by atomic mass is 10.0. The second-order valence-corrected chi connectivity index (χ2v) is 4.58. The highest BCUT2D eigenvalue weighted by Crippen LogP contribution is 2.16. The Labute approximate surface area is 105 Å². The Kier molecular flexibility index (Phi) is 8.92. The van der Waals surface area contributed by atoms with Gasteiger partial charge in [0.15, 0.2) is 0 Å². The molecule has 0 spiro atoms. The van der Waals surface area contributed by atoms with Crippen LogP contribution in [0, 0.1) is 0 Å². The van der Waals surface area contributed by atoms with E-state index in [2.05, 4.69) is 23.6 Å². The van der Waals surface area contributed by atoms with Gasteiger partial charge in [-0.1, -0.05) is 13.3 Å². The quantitative estimate of drug-likeness (QED) is 0.697. The molecular weight excluding hydrogens is 231 g/mol. The average Bonchev–Trinajstić information content (AvgIpc) is 2.20. The Morgan fingerprint density at radius 2 is 2.13 bits per heavy atom. The van der Waals surface area contributed by atoms with Gasteiger partial charge in [0.2, 0.25) is 0 Å². The molecule has 0 N–H and O–H groups in total. The number of nitrogens with zero attached hydrogens (tertiary/aromatic N) is 2. The minimum atomic E-state index is 0. The molecule has 1 aliphatic rings. The van der Waals surface area contributed by atoms with E-state index in [1.165, 1.54) is 25.8 Å². The van der Waals surface area contributed by atoms with Crippen molar-refractivity contribution in [3.63, 3.8) is 0 Å². The number of hydrogen-bond acceptors (Lipinski definition) is 2. The number of hydrogen-bond donors (Lipinski definition) is 0. The first-order valence-corrected chi connectivity index (χ1v) is 6.33. The topological polar surface area (TPSA) is 6.48 Å². The number of alkyl halides is 1. The first-order chi connectivity index (χ1) is 6.77. The molecule has 0 aromatic carbocycles. The van der Waals surface area contributed by atoms with E-state index in [0.717, 1.165) is 31.7 Å². The summed E-state index contributed by atoms with van der Waals surface area (Å²) >= 11 is 5.77. The molecule has 0 amide bonds. The smallest absolute Gasteiger partial charge is 0.0509 e. The molecule has 1 saturated heterocycles. The van der Waals surface area contributed by atoms with Gasteiger partial charge in [0.05, 0.1) is 6.67 Å². The van der Waals surface area contributed by atoms with Crippen LogP contribution in [0.3, 0.4) is 0 Å². The van der Waals surface area contributed by atoms with Crippen LogP contribution in [0.4, 0.5) is 0 Å². The van der Waals surface area contributed by atoms with Crippen molar-refractivity contribution >= 4 is 24.0 Å². The first-order valence-electron chi connectivity index (χ1n) is 5.80. The van der Waals surface area contributed by atoms with Crippen LogP contribution in [0.2, 0.25) is 0 Å². The van der Waals surface area contributed by atoms with Gasteiger partial charge < -0.3 is 0 Å². The van der Waals surface area contributed by atoms with Crippen molar-refractivity contribution < 1.29 is 0 Å². The number of piperidine rings is 1. The van der Waals surface area contributed by atoms with E-state index in [1.54, 1.807) is 0 Å². The SMILES string of the molecule is CCN(CCCl)CN1CCCCC1C.Cl. The zero-order chi connectivity index (χ0) is 10.4. The van der Waals surface area contributed by atoms with Crippen LogP contribution < -0.4 is 0 Å². The summed E-state index contributed by atoms with van der Waals surface area (Å²) in [6.07, 6.45) is 4.13. The number of likely N-dealkylation sites (tertiary alicyclic amines) is 1. The van der Waals surface area contributed by atoms with Gasteiger partial charge in [-0.2, -0.15) is 0 Å². The van der Waals surface area contributed by atoms with E-state index in [4.69, 9.17) is 11.6 Å². The van der Waals surface area contributed by atoms with Crippen molar-refractivity contribution in [2.45, 2.75) is 39.2 Å². The molecule has 1 fully saturated rings. The summed E-state index contributed by atoms with van der Waals surface area (Å²) in [5.74, 6) is 0.746. The Hall–Kier alpha value is 0.500. The molecule has 1 unspecified atom stereocenters. The van der Waals surface area contributed by atoms with Crippen molar-refractivity contribution in [2.75, 3.05) is 32.2 Å². The molecule has 2 nitrogen and oxygen atoms in total. The third-order valence-corrected chi connectivity index (χ3v) is 3.34. The molecule has 1 heterocycles. The van der Waals surface area contributed by atoms with E-state index in [9.17, 15) is 0 Å². The van der Waals surface area contributed by atoms with Crippen molar-refractivity contribution in [2.24, 2.45) is 0 Å². The molecule has 0 bridgehead atoms. The van der Waals surface area contributed by atoms with Gasteiger partial charge in [-0.15, -0.1) is 24.0 Å². The Balaban J connectivity index is 0.00000196. The standard InChI is InChI=1S/C11H23ClN2.ClH/c1-3-13(9-7-12)10-14-8-5-4-6-11(14)2;/h11H,3-10H2,1-2H3;1H. The van der Waals surface area contributed by atoms with E-state index in [0.29, 0.717) is 0 Å². The van der Waals surface area contributed by atoms with Gasteiger partial charge >= 0.3 is 0 Å². The van der Waals surface area contributed by atoms with Gasteiger partial charge in [0.1, 0.15) is 0 Å². The second kappa shape index (κ2) is 8.63. The van der Waals surface area contributed by atoms with Crippen LogP contribution in [0.5, 0.6) is 0 Å². The predicted octanol–water partition coefficient (Wildman–Crippen LogP) is 2.80. The minimum Gasteiger partial charge on any atom is -0.290 e. The number of halogens is 2. The maximum Gasteiger partial charge on any atom is 0.0509 e. The molecule has 0 saturated carbocycles. The zero-order valence-electron chi connectivity index (χ0n) is 9.91. The summed E-state index contributed by atoms with van der Waals surface area (Å²) in [6, 6.07) is 0.758. The highest BCUT2D eigenvalue weighted by molar-refractivity contribution is 6.18. The maximum absolute atomic E-state index is 5.77. The summed E-state index contributed by atoms with van der Waals surface area (Å²) in [7, 11) is 0. The normalized spacial score (nSPS) is 22.8. The van der Waals surface area contributed by atoms with Crippen molar-refractivity contribution in [1.29, 1.82) is 0 Å². The van der Waals surface area contributed by atoms with E-state index < -0.39 is 0 Å². The van der Waals surface area contributed by atoms with Gasteiger partial charge in [-0.25, -0.2) is 0 Å². The summed E-state index contributed by atoms with van der Waals surface area (Å²) in [4.78, 5) is 5.01. The molecule has 15 heavy (non-hydrogen) atoms. The Morgan fingerprint density at radius 3 is 2.67 bits per heavy atom. The molecule has 92 valence electrons. The van der Waals surface area contributed by atoms with E-state index in [1.807, 2.05) is 0 Å². The molecular formula is C11H24Cl2N2. The molecule has 4 heteroatoms. The molecule has 0 aromatic heterocycles. The van der Waals surface area contributed by atoms with Crippen LogP contribution in [-0.4, -0.2) is 48.0 Å². The zero-order valence-corrected chi connectivity index (χ0v) is 11.5. The lowest BCUT2D eigenvalue weighted by Gasteiger charge is -2.37. The molecule has 1 rings (SSSR count). The van der Waals surface area contributed by atoms with Crippen molar-refractivity contribution in [3.05, 3.63) is 0 Å². The van der Waals surface area contributed by atoms with E-state index in [-0.39, 0.29) is 12.4 Å². The third kappa shape index (κ3) is 5.39. The van der Waals surface area contributed by atoms with Crippen LogP contribution in [0.25, 0.3) is 0 Å². The summed E-state index contributed by atoms with van der Waals surface area (Å²) < 4.78 is 0. The lowest BCUT2D eigenvalue weighted by Crippen LogP contribution is -2.45. The van der Waals surface area contributed by atoms with Crippen LogP contribution in [0.1, 0.15) is 33.1 Å². The lowest BCUT2D eigenvalue weighted by molar-refractivity contribution is 0.0810. The molecule has 1 aliphatic heterocycles. The first kappa shape index (κ1) is 15.5. The van der Waals surface area contributed by atoms with Gasteiger partial charge in [-0.3, -0.25) is 9.80 Å². The van der Waals surface area contributed by atoms with Gasteiger partial charge in [0.25, 0.3) is 0 Å². The average molecular weight is 255 g/mol. The third-order valence-electron chi connectivity index (χ3n) is 3.17. The van der Waals surface area contributed by atoms with E-state index >= 15 is 0 Å². The Morgan fingerprint density at radius 1 is 1.40 bits per heavy atom. The molecule has 0 radical (unpaired) electrons. The van der Waals surface area contributed by atoms with Crippen LogP contribution in [0.15, 0.2) is 0 Å². The second-order valence-electron chi connectivity index (χ2n) is 4.20. The fourth-order valence-corrected chi connectivity index (χ4v) is 2.31. The Bertz CT molecular complexity index is 156. The predicted molar refractivity (Wildman–Crippen MR) is 70.1 cm³/mol. The summed E-state index contributed by atoms with van der Waals surface area (Å²) in [5, 5.41) is 0. The summed E-state index contributed by atoms with van der Waals surface area (Å²) in [6.45, 7) is 9.04. The van der Waals surface area contributed by atoms with Crippen molar-refractivity contribution in [1.82, 2.24) is 9.80 Å². The fourth-order valence-electron chi connectivity index (χ4n) is 2.07. The molecule has 0 aliphatic carbocycles.